The first-order chi connectivity index (χ1) is 12.8. The van der Waals surface area contributed by atoms with Crippen LogP contribution in [0.3, 0.4) is 0 Å². The maximum atomic E-state index is 13.2. The van der Waals surface area contributed by atoms with Crippen molar-refractivity contribution in [3.05, 3.63) is 70.0 Å². The second-order valence-corrected chi connectivity index (χ2v) is 7.08. The van der Waals surface area contributed by atoms with Gasteiger partial charge in [0.25, 0.3) is 0 Å². The van der Waals surface area contributed by atoms with Crippen LogP contribution in [0, 0.1) is 5.82 Å². The number of hydrogen-bond donors (Lipinski definition) is 1. The van der Waals surface area contributed by atoms with E-state index in [1.165, 1.54) is 18.2 Å². The minimum absolute atomic E-state index is 0. The summed E-state index contributed by atoms with van der Waals surface area (Å²) in [4.78, 5) is 0. The summed E-state index contributed by atoms with van der Waals surface area (Å²) in [5.41, 5.74) is 0.424. The maximum Gasteiger partial charge on any atom is 0.416 e. The van der Waals surface area contributed by atoms with Gasteiger partial charge in [-0.05, 0) is 67.8 Å². The summed E-state index contributed by atoms with van der Waals surface area (Å²) in [5.74, 6) is -0.323. The Hall–Kier alpha value is -1.34. The Balaban J connectivity index is 0.00000280. The fourth-order valence-electron chi connectivity index (χ4n) is 3.38. The third-order valence-electron chi connectivity index (χ3n) is 4.77. The lowest BCUT2D eigenvalue weighted by Crippen LogP contribution is -2.39. The van der Waals surface area contributed by atoms with Gasteiger partial charge in [0.05, 0.1) is 23.8 Å². The Kier molecular flexibility index (Phi) is 7.73. The topological polar surface area (TPSA) is 21.3 Å². The smallest absolute Gasteiger partial charge is 0.369 e. The minimum atomic E-state index is -4.44. The summed E-state index contributed by atoms with van der Waals surface area (Å²) in [5, 5.41) is 3.59. The van der Waals surface area contributed by atoms with Crippen LogP contribution in [0.15, 0.2) is 42.5 Å². The predicted molar refractivity (Wildman–Crippen MR) is 103 cm³/mol. The molecule has 2 aromatic rings. The zero-order valence-electron chi connectivity index (χ0n) is 15.1. The first-order valence-electron chi connectivity index (χ1n) is 8.76. The van der Waals surface area contributed by atoms with Crippen LogP contribution in [0.1, 0.15) is 48.6 Å². The number of ether oxygens (including phenoxy) is 1. The molecule has 28 heavy (non-hydrogen) atoms. The van der Waals surface area contributed by atoms with Crippen molar-refractivity contribution in [1.29, 1.82) is 0 Å². The van der Waals surface area contributed by atoms with Crippen molar-refractivity contribution in [1.82, 2.24) is 5.32 Å². The van der Waals surface area contributed by atoms with Gasteiger partial charge in [0.15, 0.2) is 0 Å². The van der Waals surface area contributed by atoms with Crippen LogP contribution in [-0.2, 0) is 10.9 Å². The molecule has 2 nitrogen and oxygen atoms in total. The van der Waals surface area contributed by atoms with Gasteiger partial charge in [0.2, 0.25) is 0 Å². The lowest BCUT2D eigenvalue weighted by molar-refractivity contribution is -0.137. The average molecular weight is 438 g/mol. The highest BCUT2D eigenvalue weighted by molar-refractivity contribution is 6.31. The largest absolute Gasteiger partial charge is 0.416 e. The summed E-state index contributed by atoms with van der Waals surface area (Å²) < 4.78 is 58.4. The van der Waals surface area contributed by atoms with E-state index in [1.54, 1.807) is 19.1 Å². The van der Waals surface area contributed by atoms with Crippen molar-refractivity contribution in [2.75, 3.05) is 6.54 Å². The molecule has 1 N–H and O–H groups in total. The Morgan fingerprint density at radius 2 is 1.82 bits per heavy atom. The van der Waals surface area contributed by atoms with Crippen LogP contribution in [-0.4, -0.2) is 12.6 Å². The van der Waals surface area contributed by atoms with Crippen molar-refractivity contribution in [3.63, 3.8) is 0 Å². The molecule has 0 radical (unpaired) electrons. The van der Waals surface area contributed by atoms with E-state index in [0.717, 1.165) is 37.1 Å². The summed E-state index contributed by atoms with van der Waals surface area (Å²) in [6.45, 7) is 2.48. The number of piperidine rings is 1. The van der Waals surface area contributed by atoms with Crippen LogP contribution >= 0.6 is 24.0 Å². The lowest BCUT2D eigenvalue weighted by Gasteiger charge is -2.35. The fraction of sp³-hybridized carbons (Fsp3) is 0.400. The first-order valence-corrected chi connectivity index (χ1v) is 9.14. The molecule has 3 rings (SSSR count). The molecular formula is C20H21Cl2F4NO. The highest BCUT2D eigenvalue weighted by atomic mass is 35.5. The van der Waals surface area contributed by atoms with Crippen LogP contribution < -0.4 is 5.32 Å². The Morgan fingerprint density at radius 1 is 1.14 bits per heavy atom. The third kappa shape index (κ3) is 5.38. The average Bonchev–Trinajstić information content (AvgIpc) is 2.62. The molecule has 8 heteroatoms. The van der Waals surface area contributed by atoms with E-state index in [-0.39, 0.29) is 35.4 Å². The fourth-order valence-corrected chi connectivity index (χ4v) is 3.65. The maximum absolute atomic E-state index is 13.2. The second kappa shape index (κ2) is 9.44. The molecule has 1 fully saturated rings. The highest BCUT2D eigenvalue weighted by Crippen LogP contribution is 2.37. The van der Waals surface area contributed by atoms with Crippen LogP contribution in [0.25, 0.3) is 0 Å². The molecule has 0 amide bonds. The van der Waals surface area contributed by atoms with Gasteiger partial charge in [0, 0.05) is 5.02 Å². The van der Waals surface area contributed by atoms with Crippen molar-refractivity contribution in [2.45, 2.75) is 44.2 Å². The zero-order chi connectivity index (χ0) is 19.6. The Morgan fingerprint density at radius 3 is 2.46 bits per heavy atom. The van der Waals surface area contributed by atoms with E-state index in [1.807, 2.05) is 0 Å². The standard InChI is InChI=1S/C20H20ClF4NO.ClH/c1-12(16-11-14(20(23,24)25)6-9-17(16)21)27-18-3-2-10-26-19(18)13-4-7-15(22)8-5-13;/h4-9,11-12,18-19,26H,2-3,10H2,1H3;1H/t12?,18-,19-;/m1./s1. The number of nitrogens with one attached hydrogen (secondary N) is 1. The molecule has 0 saturated carbocycles. The van der Waals surface area contributed by atoms with E-state index in [2.05, 4.69) is 5.32 Å². The number of benzene rings is 2. The molecule has 3 atom stereocenters. The summed E-state index contributed by atoms with van der Waals surface area (Å²) in [6.07, 6.45) is -3.69. The van der Waals surface area contributed by atoms with E-state index in [0.29, 0.717) is 5.56 Å². The molecule has 1 aliphatic rings. The first kappa shape index (κ1) is 22.9. The van der Waals surface area contributed by atoms with E-state index in [9.17, 15) is 17.6 Å². The van der Waals surface area contributed by atoms with E-state index in [4.69, 9.17) is 16.3 Å². The molecule has 1 heterocycles. The molecule has 1 saturated heterocycles. The second-order valence-electron chi connectivity index (χ2n) is 6.68. The molecule has 0 aliphatic carbocycles. The van der Waals surface area contributed by atoms with Crippen molar-refractivity contribution >= 4 is 24.0 Å². The number of halogens is 6. The number of alkyl halides is 3. The highest BCUT2D eigenvalue weighted by Gasteiger charge is 2.33. The quantitative estimate of drug-likeness (QED) is 0.551. The molecule has 0 spiro atoms. The van der Waals surface area contributed by atoms with Gasteiger partial charge in [0.1, 0.15) is 5.82 Å². The Bertz CT molecular complexity index is 783. The minimum Gasteiger partial charge on any atom is -0.369 e. The monoisotopic (exact) mass is 437 g/mol. The zero-order valence-corrected chi connectivity index (χ0v) is 16.7. The number of rotatable bonds is 4. The molecule has 154 valence electrons. The number of hydrogen-bond acceptors (Lipinski definition) is 2. The van der Waals surface area contributed by atoms with Crippen molar-refractivity contribution in [3.8, 4) is 0 Å². The van der Waals surface area contributed by atoms with Crippen LogP contribution in [0.4, 0.5) is 17.6 Å². The summed E-state index contributed by atoms with van der Waals surface area (Å²) >= 11 is 6.13. The molecule has 1 aliphatic heterocycles. The van der Waals surface area contributed by atoms with Crippen LogP contribution in [0.2, 0.25) is 5.02 Å². The SMILES string of the molecule is CC(O[C@@H]1CCCN[C@@H]1c1ccc(F)cc1)c1cc(C(F)(F)F)ccc1Cl.Cl. The predicted octanol–water partition coefficient (Wildman–Crippen LogP) is 6.49. The third-order valence-corrected chi connectivity index (χ3v) is 5.11. The molecule has 1 unspecified atom stereocenters. The molecule has 0 aromatic heterocycles. The molecule has 2 aromatic carbocycles. The normalized spacial score (nSPS) is 21.1. The van der Waals surface area contributed by atoms with Gasteiger partial charge in [-0.1, -0.05) is 23.7 Å². The van der Waals surface area contributed by atoms with Gasteiger partial charge in [-0.15, -0.1) is 12.4 Å². The van der Waals surface area contributed by atoms with E-state index < -0.39 is 17.8 Å². The molecular weight excluding hydrogens is 417 g/mol. The Labute approximate surface area is 172 Å². The van der Waals surface area contributed by atoms with Crippen LogP contribution in [0.5, 0.6) is 0 Å². The molecule has 0 bridgehead atoms. The van der Waals surface area contributed by atoms with Gasteiger partial charge >= 0.3 is 6.18 Å². The summed E-state index contributed by atoms with van der Waals surface area (Å²) in [6, 6.07) is 9.24. The van der Waals surface area contributed by atoms with Gasteiger partial charge in [-0.25, -0.2) is 4.39 Å². The van der Waals surface area contributed by atoms with Crippen molar-refractivity contribution in [2.24, 2.45) is 0 Å². The van der Waals surface area contributed by atoms with Gasteiger partial charge in [-0.2, -0.15) is 13.2 Å². The van der Waals surface area contributed by atoms with Gasteiger partial charge < -0.3 is 10.1 Å². The van der Waals surface area contributed by atoms with E-state index >= 15 is 0 Å². The summed E-state index contributed by atoms with van der Waals surface area (Å²) in [7, 11) is 0. The van der Waals surface area contributed by atoms with Gasteiger partial charge in [-0.3, -0.25) is 0 Å². The lowest BCUT2D eigenvalue weighted by atomic mass is 9.94. The van der Waals surface area contributed by atoms with Crippen molar-refractivity contribution < 1.29 is 22.3 Å².